The van der Waals surface area contributed by atoms with Gasteiger partial charge in [0.25, 0.3) is 5.91 Å². The minimum absolute atomic E-state index is 0.197. The first-order valence-corrected chi connectivity index (χ1v) is 8.61. The summed E-state index contributed by atoms with van der Waals surface area (Å²) in [5.74, 6) is -1.87. The van der Waals surface area contributed by atoms with E-state index in [2.05, 4.69) is 27.5 Å². The highest BCUT2D eigenvalue weighted by atomic mass is 32.1. The molecule has 0 saturated heterocycles. The fourth-order valence-corrected chi connectivity index (χ4v) is 3.32. The number of hydrogen-bond acceptors (Lipinski definition) is 5. The third-order valence-electron chi connectivity index (χ3n) is 3.62. The highest BCUT2D eigenvalue weighted by Gasteiger charge is 2.16. The van der Waals surface area contributed by atoms with Gasteiger partial charge in [-0.15, -0.1) is 11.3 Å². The van der Waals surface area contributed by atoms with Crippen LogP contribution >= 0.6 is 11.3 Å². The summed E-state index contributed by atoms with van der Waals surface area (Å²) in [6, 6.07) is 5.36. The lowest BCUT2D eigenvalue weighted by molar-refractivity contribution is 0.0946. The van der Waals surface area contributed by atoms with Crippen molar-refractivity contribution >= 4 is 33.3 Å². The SMILES string of the molecule is CCc1cc2c(NCCNC(=O)c3c(F)cccc3F)ncnc2s1. The molecule has 1 amide bonds. The number of benzene rings is 1. The van der Waals surface area contributed by atoms with Gasteiger partial charge in [-0.3, -0.25) is 4.79 Å². The van der Waals surface area contributed by atoms with Gasteiger partial charge in [-0.05, 0) is 24.6 Å². The Morgan fingerprint density at radius 1 is 1.20 bits per heavy atom. The van der Waals surface area contributed by atoms with Crippen LogP contribution in [0.15, 0.2) is 30.6 Å². The van der Waals surface area contributed by atoms with Crippen molar-refractivity contribution in [3.8, 4) is 0 Å². The zero-order valence-corrected chi connectivity index (χ0v) is 14.3. The van der Waals surface area contributed by atoms with Crippen LogP contribution in [0, 0.1) is 11.6 Å². The zero-order chi connectivity index (χ0) is 17.8. The maximum Gasteiger partial charge on any atom is 0.257 e. The number of hydrogen-bond donors (Lipinski definition) is 2. The second-order valence-corrected chi connectivity index (χ2v) is 6.40. The molecule has 0 aliphatic rings. The van der Waals surface area contributed by atoms with Crippen molar-refractivity contribution in [2.45, 2.75) is 13.3 Å². The number of anilines is 1. The molecule has 0 aliphatic carbocycles. The Kier molecular flexibility index (Phi) is 5.18. The molecule has 8 heteroatoms. The summed E-state index contributed by atoms with van der Waals surface area (Å²) in [7, 11) is 0. The molecule has 2 N–H and O–H groups in total. The van der Waals surface area contributed by atoms with Gasteiger partial charge in [-0.2, -0.15) is 0 Å². The van der Waals surface area contributed by atoms with Gasteiger partial charge in [0.2, 0.25) is 0 Å². The first kappa shape index (κ1) is 17.2. The quantitative estimate of drug-likeness (QED) is 0.660. The predicted molar refractivity (Wildman–Crippen MR) is 94.0 cm³/mol. The Labute approximate surface area is 147 Å². The number of carbonyl (C=O) groups excluding carboxylic acids is 1. The van der Waals surface area contributed by atoms with E-state index in [1.165, 1.54) is 17.3 Å². The van der Waals surface area contributed by atoms with Gasteiger partial charge in [0.15, 0.2) is 0 Å². The maximum atomic E-state index is 13.6. The molecule has 0 unspecified atom stereocenters. The highest BCUT2D eigenvalue weighted by molar-refractivity contribution is 7.18. The van der Waals surface area contributed by atoms with E-state index < -0.39 is 23.1 Å². The highest BCUT2D eigenvalue weighted by Crippen LogP contribution is 2.28. The molecule has 0 saturated carbocycles. The van der Waals surface area contributed by atoms with Crippen LogP contribution < -0.4 is 10.6 Å². The standard InChI is InChI=1S/C17H16F2N4OS/c1-2-10-8-11-15(22-9-23-17(11)25-10)20-6-7-21-16(24)14-12(18)4-3-5-13(14)19/h3-5,8-9H,2,6-7H2,1H3,(H,21,24)(H,20,22,23). The maximum absolute atomic E-state index is 13.6. The normalized spacial score (nSPS) is 10.8. The van der Waals surface area contributed by atoms with Gasteiger partial charge in [-0.25, -0.2) is 18.7 Å². The van der Waals surface area contributed by atoms with Gasteiger partial charge < -0.3 is 10.6 Å². The van der Waals surface area contributed by atoms with Crippen LogP contribution in [0.1, 0.15) is 22.2 Å². The number of amides is 1. The third-order valence-corrected chi connectivity index (χ3v) is 4.81. The molecule has 130 valence electrons. The molecule has 0 radical (unpaired) electrons. The minimum atomic E-state index is -0.881. The minimum Gasteiger partial charge on any atom is -0.368 e. The molecule has 0 aliphatic heterocycles. The summed E-state index contributed by atoms with van der Waals surface area (Å²) in [5, 5.41) is 6.53. The van der Waals surface area contributed by atoms with Gasteiger partial charge >= 0.3 is 0 Å². The van der Waals surface area contributed by atoms with E-state index in [4.69, 9.17) is 0 Å². The Morgan fingerprint density at radius 3 is 2.68 bits per heavy atom. The summed E-state index contributed by atoms with van der Waals surface area (Å²) in [5.41, 5.74) is -0.572. The van der Waals surface area contributed by atoms with Crippen LogP contribution in [0.5, 0.6) is 0 Å². The van der Waals surface area contributed by atoms with E-state index in [-0.39, 0.29) is 6.54 Å². The first-order valence-electron chi connectivity index (χ1n) is 7.79. The molecule has 1 aromatic carbocycles. The van der Waals surface area contributed by atoms with Crippen LogP contribution in [-0.2, 0) is 6.42 Å². The van der Waals surface area contributed by atoms with Crippen molar-refractivity contribution in [2.24, 2.45) is 0 Å². The van der Waals surface area contributed by atoms with Crippen molar-refractivity contribution in [3.05, 3.63) is 52.7 Å². The number of thiophene rings is 1. The Morgan fingerprint density at radius 2 is 1.96 bits per heavy atom. The molecule has 0 fully saturated rings. The molecule has 0 bridgehead atoms. The van der Waals surface area contributed by atoms with Gasteiger partial charge in [0.05, 0.1) is 5.39 Å². The second-order valence-electron chi connectivity index (χ2n) is 5.29. The van der Waals surface area contributed by atoms with E-state index in [0.29, 0.717) is 12.4 Å². The number of fused-ring (bicyclic) bond motifs is 1. The number of nitrogens with zero attached hydrogens (tertiary/aromatic N) is 2. The Hall–Kier alpha value is -2.61. The molecule has 3 aromatic rings. The van der Waals surface area contributed by atoms with Crippen LogP contribution in [0.4, 0.5) is 14.6 Å². The fourth-order valence-electron chi connectivity index (χ4n) is 2.38. The van der Waals surface area contributed by atoms with E-state index in [0.717, 1.165) is 28.8 Å². The van der Waals surface area contributed by atoms with Crippen LogP contribution in [-0.4, -0.2) is 29.0 Å². The van der Waals surface area contributed by atoms with E-state index >= 15 is 0 Å². The van der Waals surface area contributed by atoms with Crippen molar-refractivity contribution in [3.63, 3.8) is 0 Å². The molecular formula is C17H16F2N4OS. The lowest BCUT2D eigenvalue weighted by Gasteiger charge is -2.09. The molecule has 3 rings (SSSR count). The van der Waals surface area contributed by atoms with Crippen molar-refractivity contribution in [1.82, 2.24) is 15.3 Å². The van der Waals surface area contributed by atoms with E-state index in [9.17, 15) is 13.6 Å². The molecule has 0 atom stereocenters. The lowest BCUT2D eigenvalue weighted by Crippen LogP contribution is -2.30. The van der Waals surface area contributed by atoms with E-state index in [1.54, 1.807) is 11.3 Å². The van der Waals surface area contributed by atoms with Crippen molar-refractivity contribution in [1.29, 1.82) is 0 Å². The lowest BCUT2D eigenvalue weighted by atomic mass is 10.2. The van der Waals surface area contributed by atoms with Gasteiger partial charge in [0, 0.05) is 18.0 Å². The monoisotopic (exact) mass is 362 g/mol. The molecule has 0 spiro atoms. The van der Waals surface area contributed by atoms with Crippen molar-refractivity contribution in [2.75, 3.05) is 18.4 Å². The molecular weight excluding hydrogens is 346 g/mol. The molecule has 2 aromatic heterocycles. The number of halogens is 2. The van der Waals surface area contributed by atoms with Gasteiger partial charge in [-0.1, -0.05) is 13.0 Å². The third kappa shape index (κ3) is 3.74. The second kappa shape index (κ2) is 7.52. The van der Waals surface area contributed by atoms with Crippen LogP contribution in [0.2, 0.25) is 0 Å². The Bertz CT molecular complexity index is 893. The summed E-state index contributed by atoms with van der Waals surface area (Å²) < 4.78 is 27.1. The summed E-state index contributed by atoms with van der Waals surface area (Å²) in [6.45, 7) is 2.64. The summed E-state index contributed by atoms with van der Waals surface area (Å²) in [6.07, 6.45) is 2.40. The smallest absolute Gasteiger partial charge is 0.257 e. The average Bonchev–Trinajstić information content (AvgIpc) is 3.02. The first-order chi connectivity index (χ1) is 12.1. The topological polar surface area (TPSA) is 66.9 Å². The number of nitrogens with one attached hydrogen (secondary N) is 2. The molecule has 5 nitrogen and oxygen atoms in total. The van der Waals surface area contributed by atoms with Crippen LogP contribution in [0.3, 0.4) is 0 Å². The molecule has 25 heavy (non-hydrogen) atoms. The predicted octanol–water partition coefficient (Wildman–Crippen LogP) is 3.37. The number of carbonyl (C=O) groups is 1. The average molecular weight is 362 g/mol. The Balaban J connectivity index is 1.60. The van der Waals surface area contributed by atoms with E-state index in [1.807, 2.05) is 6.07 Å². The number of rotatable bonds is 6. The van der Waals surface area contributed by atoms with Crippen molar-refractivity contribution < 1.29 is 13.6 Å². The zero-order valence-electron chi connectivity index (χ0n) is 13.5. The van der Waals surface area contributed by atoms with Crippen LogP contribution in [0.25, 0.3) is 10.2 Å². The summed E-state index contributed by atoms with van der Waals surface area (Å²) >= 11 is 1.61. The fraction of sp³-hybridized carbons (Fsp3) is 0.235. The van der Waals surface area contributed by atoms with Gasteiger partial charge in [0.1, 0.15) is 34.2 Å². The number of aryl methyl sites for hydroxylation is 1. The number of aromatic nitrogens is 2. The molecule has 2 heterocycles. The summed E-state index contributed by atoms with van der Waals surface area (Å²) in [4.78, 5) is 22.5. The largest absolute Gasteiger partial charge is 0.368 e.